The lowest BCUT2D eigenvalue weighted by atomic mass is 10.2. The van der Waals surface area contributed by atoms with Gasteiger partial charge in [-0.1, -0.05) is 13.8 Å². The maximum Gasteiger partial charge on any atom is 0.422 e. The monoisotopic (exact) mass is 975 g/mol. The van der Waals surface area contributed by atoms with Gasteiger partial charge in [0.15, 0.2) is 6.61 Å². The van der Waals surface area contributed by atoms with Crippen LogP contribution in [0.3, 0.4) is 0 Å². The molecule has 0 unspecified atom stereocenters. The Morgan fingerprint density at radius 3 is 1.51 bits per heavy atom. The molecule has 4 N–H and O–H groups in total. The van der Waals surface area contributed by atoms with Gasteiger partial charge >= 0.3 is 6.18 Å². The van der Waals surface area contributed by atoms with E-state index in [0.29, 0.717) is 72.3 Å². The number of alkyl halides is 3. The first-order valence-corrected chi connectivity index (χ1v) is 23.7. The zero-order valence-electron chi connectivity index (χ0n) is 38.4. The molecule has 23 heteroatoms. The summed E-state index contributed by atoms with van der Waals surface area (Å²) in [4.78, 5) is 19.0. The van der Waals surface area contributed by atoms with Crippen LogP contribution in [0.2, 0.25) is 0 Å². The van der Waals surface area contributed by atoms with Crippen molar-refractivity contribution in [2.24, 2.45) is 0 Å². The van der Waals surface area contributed by atoms with Crippen molar-refractivity contribution in [3.05, 3.63) is 85.5 Å². The molecule has 0 saturated heterocycles. The highest BCUT2D eigenvalue weighted by Gasteiger charge is 2.29. The fourth-order valence-corrected chi connectivity index (χ4v) is 7.47. The molecule has 2 heterocycles. The van der Waals surface area contributed by atoms with Crippen LogP contribution < -0.4 is 39.2 Å². The van der Waals surface area contributed by atoms with Gasteiger partial charge in [-0.2, -0.15) is 13.2 Å². The number of hydrogen-bond acceptors (Lipinski definition) is 16. The Labute approximate surface area is 388 Å². The predicted octanol–water partition coefficient (Wildman–Crippen LogP) is 7.43. The molecular formula is C44H56F3N9O9S2. The van der Waals surface area contributed by atoms with Gasteiger partial charge in [-0.15, -0.1) is 0 Å². The third-order valence-electron chi connectivity index (χ3n) is 9.20. The Balaban J connectivity index is 0.000000283. The molecule has 0 fully saturated rings. The maximum absolute atomic E-state index is 12.7. The highest BCUT2D eigenvalue weighted by Crippen LogP contribution is 2.35. The number of sulfonamides is 2. The van der Waals surface area contributed by atoms with E-state index in [1.807, 2.05) is 51.0 Å². The first-order chi connectivity index (χ1) is 32.0. The Morgan fingerprint density at radius 1 is 0.597 bits per heavy atom. The highest BCUT2D eigenvalue weighted by atomic mass is 32.2. The molecule has 0 amide bonds. The number of hydrogen-bond donors (Lipinski definition) is 4. The average Bonchev–Trinajstić information content (AvgIpc) is 3.32. The third kappa shape index (κ3) is 15.5. The Kier molecular flexibility index (Phi) is 20.1. The van der Waals surface area contributed by atoms with E-state index >= 15 is 0 Å². The minimum Gasteiger partial charge on any atom is -0.493 e. The summed E-state index contributed by atoms with van der Waals surface area (Å²) in [6.45, 7) is 4.65. The second-order valence-corrected chi connectivity index (χ2v) is 17.8. The van der Waals surface area contributed by atoms with E-state index < -0.39 is 32.8 Å². The lowest BCUT2D eigenvalue weighted by Gasteiger charge is -2.20. The number of ether oxygens (including phenoxy) is 5. The van der Waals surface area contributed by atoms with E-state index in [2.05, 4.69) is 40.0 Å². The van der Waals surface area contributed by atoms with Crippen molar-refractivity contribution in [3.63, 3.8) is 0 Å². The van der Waals surface area contributed by atoms with Gasteiger partial charge in [0, 0.05) is 77.3 Å². The Morgan fingerprint density at radius 2 is 1.06 bits per heavy atom. The maximum atomic E-state index is 12.7. The molecule has 18 nitrogen and oxygen atoms in total. The molecule has 6 aromatic rings. The lowest BCUT2D eigenvalue weighted by molar-refractivity contribution is -0.153. The number of methoxy groups -OCH3 is 2. The second-order valence-electron chi connectivity index (χ2n) is 14.0. The molecule has 364 valence electrons. The molecule has 2 aromatic heterocycles. The van der Waals surface area contributed by atoms with Crippen molar-refractivity contribution in [2.75, 3.05) is 91.0 Å². The summed E-state index contributed by atoms with van der Waals surface area (Å²) in [7, 11) is 2.20. The van der Waals surface area contributed by atoms with Crippen LogP contribution in [0.1, 0.15) is 26.7 Å². The van der Waals surface area contributed by atoms with Crippen molar-refractivity contribution >= 4 is 70.6 Å². The van der Waals surface area contributed by atoms with Crippen LogP contribution in [-0.4, -0.2) is 118 Å². The Hall–Kier alpha value is -6.11. The highest BCUT2D eigenvalue weighted by molar-refractivity contribution is 7.89. The normalized spacial score (nSPS) is 11.5. The van der Waals surface area contributed by atoms with Gasteiger partial charge in [0.25, 0.3) is 0 Å². The van der Waals surface area contributed by atoms with Gasteiger partial charge in [0.2, 0.25) is 20.0 Å². The second kappa shape index (κ2) is 25.1. The molecule has 4 aromatic carbocycles. The zero-order valence-corrected chi connectivity index (χ0v) is 40.0. The molecule has 0 aliphatic heterocycles. The first kappa shape index (κ1) is 53.5. The third-order valence-corrected chi connectivity index (χ3v) is 12.0. The van der Waals surface area contributed by atoms with Crippen LogP contribution in [0.15, 0.2) is 95.2 Å². The summed E-state index contributed by atoms with van der Waals surface area (Å²) in [5.74, 6) is 1.90. The zero-order chi connectivity index (χ0) is 49.2. The number of nitrogens with one attached hydrogen (secondary N) is 4. The average molecular weight is 976 g/mol. The standard InChI is InChI=1S/C21H23F3N4O5S.C21H27N5O4S.C2H6/c1-25-34(29,30)15-5-7-19(33-12-21(22,23)24)18(11-15)28-20-16-6-4-14(32-9-3-8-31-2)10-17(16)26-13-27-20;1-22-31(27,28)16-7-9-20(26(2)3)19(13-16)25-21-17-8-6-15(30-11-5-10-29-4)12-18(17)23-14-24-21;1-2/h4-7,10-11,13,25H,3,8-9,12H2,1-2H3,(H,26,27,28);6-9,12-14,22H,5,10-11H2,1-4H3,(H,23,24,25);1-2H3. The summed E-state index contributed by atoms with van der Waals surface area (Å²) >= 11 is 0. The Bertz CT molecular complexity index is 2770. The van der Waals surface area contributed by atoms with E-state index in [4.69, 9.17) is 23.7 Å². The molecule has 0 saturated carbocycles. The van der Waals surface area contributed by atoms with Crippen molar-refractivity contribution in [2.45, 2.75) is 42.7 Å². The van der Waals surface area contributed by atoms with E-state index in [1.54, 1.807) is 50.6 Å². The summed E-state index contributed by atoms with van der Waals surface area (Å²) in [6, 6.07) is 19.0. The summed E-state index contributed by atoms with van der Waals surface area (Å²) in [6.07, 6.45) is -0.344. The smallest absolute Gasteiger partial charge is 0.422 e. The van der Waals surface area contributed by atoms with Crippen molar-refractivity contribution < 1.29 is 53.7 Å². The predicted molar refractivity (Wildman–Crippen MR) is 252 cm³/mol. The van der Waals surface area contributed by atoms with Crippen LogP contribution in [0.4, 0.5) is 41.9 Å². The van der Waals surface area contributed by atoms with Crippen LogP contribution in [-0.2, 0) is 29.5 Å². The molecule has 0 bridgehead atoms. The van der Waals surface area contributed by atoms with E-state index in [9.17, 15) is 30.0 Å². The largest absolute Gasteiger partial charge is 0.493 e. The number of halogens is 3. The number of fused-ring (bicyclic) bond motifs is 2. The van der Waals surface area contributed by atoms with E-state index in [-0.39, 0.29) is 27.0 Å². The van der Waals surface area contributed by atoms with Crippen molar-refractivity contribution in [1.29, 1.82) is 0 Å². The quantitative estimate of drug-likeness (QED) is 0.0516. The minimum absolute atomic E-state index is 0.0135. The number of nitrogens with zero attached hydrogens (tertiary/aromatic N) is 5. The first-order valence-electron chi connectivity index (χ1n) is 20.8. The van der Waals surface area contributed by atoms with Crippen LogP contribution in [0.5, 0.6) is 17.2 Å². The molecule has 67 heavy (non-hydrogen) atoms. The van der Waals surface area contributed by atoms with Gasteiger partial charge in [-0.05, 0) is 74.8 Å². The number of aromatic nitrogens is 4. The molecule has 0 spiro atoms. The molecule has 0 aliphatic rings. The van der Waals surface area contributed by atoms with Crippen molar-refractivity contribution in [1.82, 2.24) is 29.4 Å². The number of rotatable bonds is 21. The van der Waals surface area contributed by atoms with Gasteiger partial charge in [-0.25, -0.2) is 46.2 Å². The summed E-state index contributed by atoms with van der Waals surface area (Å²) in [5.41, 5.74) is 2.65. The molecule has 0 atom stereocenters. The fraction of sp³-hybridized carbons (Fsp3) is 0.364. The lowest BCUT2D eigenvalue weighted by Crippen LogP contribution is -2.20. The van der Waals surface area contributed by atoms with Crippen LogP contribution in [0, 0.1) is 0 Å². The van der Waals surface area contributed by atoms with E-state index in [0.717, 1.165) is 29.6 Å². The van der Waals surface area contributed by atoms with Gasteiger partial charge in [0.05, 0.1) is 51.1 Å². The molecule has 0 aliphatic carbocycles. The van der Waals surface area contributed by atoms with E-state index in [1.165, 1.54) is 32.8 Å². The van der Waals surface area contributed by atoms with Crippen molar-refractivity contribution in [3.8, 4) is 17.2 Å². The van der Waals surface area contributed by atoms with Gasteiger partial charge in [0.1, 0.15) is 41.5 Å². The molecule has 6 rings (SSSR count). The number of benzene rings is 4. The van der Waals surface area contributed by atoms with Crippen LogP contribution in [0.25, 0.3) is 21.8 Å². The minimum atomic E-state index is -4.58. The molecule has 0 radical (unpaired) electrons. The molecular weight excluding hydrogens is 920 g/mol. The number of anilines is 5. The van der Waals surface area contributed by atoms with Crippen LogP contribution >= 0.6 is 0 Å². The van der Waals surface area contributed by atoms with Gasteiger partial charge in [-0.3, -0.25) is 0 Å². The summed E-state index contributed by atoms with van der Waals surface area (Å²) in [5, 5.41) is 7.47. The SMILES string of the molecule is CC.CNS(=O)(=O)c1ccc(N(C)C)c(Nc2ncnc3cc(OCCCOC)ccc23)c1.CNS(=O)(=O)c1ccc(OCC(F)(F)F)c(Nc2ncnc3cc(OCCCOC)ccc23)c1. The van der Waals surface area contributed by atoms with Gasteiger partial charge < -0.3 is 39.2 Å². The summed E-state index contributed by atoms with van der Waals surface area (Å²) < 4.78 is 118. The fourth-order valence-electron chi connectivity index (χ4n) is 5.96. The topological polar surface area (TPSA) is 217 Å².